The maximum absolute atomic E-state index is 13.9. The zero-order chi connectivity index (χ0) is 32.2. The van der Waals surface area contributed by atoms with Crippen molar-refractivity contribution in [3.63, 3.8) is 0 Å². The van der Waals surface area contributed by atoms with Gasteiger partial charge in [-0.3, -0.25) is 24.4 Å². The molecule has 1 aromatic heterocycles. The smallest absolute Gasteiger partial charge is 0.239 e. The average molecular weight is 614 g/mol. The van der Waals surface area contributed by atoms with Gasteiger partial charge in [-0.05, 0) is 46.6 Å². The van der Waals surface area contributed by atoms with Crippen molar-refractivity contribution in [1.82, 2.24) is 20.1 Å². The number of carbonyl (C=O) groups excluding carboxylic acids is 2. The van der Waals surface area contributed by atoms with E-state index in [1.165, 1.54) is 0 Å². The monoisotopic (exact) mass is 613 g/mol. The normalized spacial score (nSPS) is 23.7. The van der Waals surface area contributed by atoms with Gasteiger partial charge in [0.25, 0.3) is 0 Å². The molecule has 2 amide bonds. The number of carbonyl (C=O) groups is 2. The van der Waals surface area contributed by atoms with E-state index in [0.717, 1.165) is 22.3 Å². The molecule has 5 N–H and O–H groups in total. The van der Waals surface area contributed by atoms with Gasteiger partial charge in [0.2, 0.25) is 11.8 Å². The summed E-state index contributed by atoms with van der Waals surface area (Å²) in [7, 11) is 0. The highest BCUT2D eigenvalue weighted by Gasteiger charge is 2.54. The second-order valence-corrected chi connectivity index (χ2v) is 13.7. The molecule has 2 aliphatic rings. The van der Waals surface area contributed by atoms with Gasteiger partial charge in [-0.2, -0.15) is 0 Å². The Morgan fingerprint density at radius 1 is 1.04 bits per heavy atom. The highest BCUT2D eigenvalue weighted by Crippen LogP contribution is 2.39. The summed E-state index contributed by atoms with van der Waals surface area (Å²) in [5.74, 6) is -1.19. The third kappa shape index (κ3) is 7.28. The molecule has 45 heavy (non-hydrogen) atoms. The molecule has 3 aromatic rings. The van der Waals surface area contributed by atoms with Crippen LogP contribution in [0.3, 0.4) is 0 Å². The van der Waals surface area contributed by atoms with Gasteiger partial charge >= 0.3 is 0 Å². The van der Waals surface area contributed by atoms with Gasteiger partial charge < -0.3 is 21.3 Å². The Balaban J connectivity index is 1.34. The zero-order valence-corrected chi connectivity index (χ0v) is 26.6. The summed E-state index contributed by atoms with van der Waals surface area (Å²) in [5, 5.41) is 25.5. The van der Waals surface area contributed by atoms with E-state index in [1.54, 1.807) is 6.20 Å². The summed E-state index contributed by atoms with van der Waals surface area (Å²) in [6, 6.07) is 21.0. The SMILES string of the molecule is CC(C)(C)[C@@]1(C(N)=O)CN(Cc2cccnc2)CCN1C[C@@H](O)C[C@@H](Cc1ccccc1)C(=O)N[C@H]1c2ccccc2C[C@H]1O. The van der Waals surface area contributed by atoms with Crippen molar-refractivity contribution >= 4 is 11.8 Å². The summed E-state index contributed by atoms with van der Waals surface area (Å²) < 4.78 is 0. The molecule has 5 atom stereocenters. The molecular weight excluding hydrogens is 566 g/mol. The molecule has 9 heteroatoms. The van der Waals surface area contributed by atoms with Crippen LogP contribution in [0.25, 0.3) is 0 Å². The van der Waals surface area contributed by atoms with Gasteiger partial charge in [-0.1, -0.05) is 81.4 Å². The van der Waals surface area contributed by atoms with Crippen molar-refractivity contribution in [2.75, 3.05) is 26.2 Å². The van der Waals surface area contributed by atoms with E-state index in [4.69, 9.17) is 5.73 Å². The molecule has 0 spiro atoms. The van der Waals surface area contributed by atoms with Gasteiger partial charge in [-0.15, -0.1) is 0 Å². The maximum Gasteiger partial charge on any atom is 0.239 e. The number of amides is 2. The molecule has 1 aliphatic heterocycles. The number of fused-ring (bicyclic) bond motifs is 1. The molecule has 1 fully saturated rings. The van der Waals surface area contributed by atoms with E-state index in [1.807, 2.05) is 98.6 Å². The lowest BCUT2D eigenvalue weighted by Crippen LogP contribution is -2.73. The van der Waals surface area contributed by atoms with Crippen molar-refractivity contribution in [1.29, 1.82) is 0 Å². The number of benzene rings is 2. The minimum atomic E-state index is -1.04. The lowest BCUT2D eigenvalue weighted by Gasteiger charge is -2.55. The third-order valence-corrected chi connectivity index (χ3v) is 9.64. The van der Waals surface area contributed by atoms with Crippen LogP contribution in [0.15, 0.2) is 79.1 Å². The van der Waals surface area contributed by atoms with Crippen LogP contribution in [0.2, 0.25) is 0 Å². The number of nitrogens with two attached hydrogens (primary N) is 1. The number of hydrogen-bond acceptors (Lipinski definition) is 7. The van der Waals surface area contributed by atoms with Crippen molar-refractivity contribution in [3.05, 3.63) is 101 Å². The van der Waals surface area contributed by atoms with Crippen LogP contribution in [-0.4, -0.2) is 80.7 Å². The number of aliphatic hydroxyl groups is 2. The Kier molecular flexibility index (Phi) is 10.0. The number of aliphatic hydroxyl groups excluding tert-OH is 2. The molecule has 2 aromatic carbocycles. The molecule has 1 saturated heterocycles. The summed E-state index contributed by atoms with van der Waals surface area (Å²) in [5.41, 5.74) is 8.65. The van der Waals surface area contributed by atoms with Crippen LogP contribution < -0.4 is 11.1 Å². The minimum Gasteiger partial charge on any atom is -0.392 e. The van der Waals surface area contributed by atoms with Gasteiger partial charge in [0.1, 0.15) is 5.54 Å². The van der Waals surface area contributed by atoms with Gasteiger partial charge in [0.15, 0.2) is 0 Å². The summed E-state index contributed by atoms with van der Waals surface area (Å²) in [6.07, 6.45) is 3.09. The van der Waals surface area contributed by atoms with Crippen molar-refractivity contribution in [2.45, 2.75) is 70.4 Å². The molecule has 0 unspecified atom stereocenters. The summed E-state index contributed by atoms with van der Waals surface area (Å²) >= 11 is 0. The van der Waals surface area contributed by atoms with E-state index in [0.29, 0.717) is 39.0 Å². The molecule has 0 radical (unpaired) electrons. The van der Waals surface area contributed by atoms with Crippen molar-refractivity contribution in [3.8, 4) is 0 Å². The first-order chi connectivity index (χ1) is 21.5. The average Bonchev–Trinajstić information content (AvgIpc) is 3.32. The number of β-amino-alcohol motifs (C(OH)–C–C–N with tert-alkyl or cyclic N) is 1. The Hall–Kier alpha value is -3.63. The predicted molar refractivity (Wildman–Crippen MR) is 174 cm³/mol. The first-order valence-corrected chi connectivity index (χ1v) is 15.9. The Labute approximate surface area is 266 Å². The Morgan fingerprint density at radius 3 is 2.44 bits per heavy atom. The number of rotatable bonds is 11. The zero-order valence-electron chi connectivity index (χ0n) is 26.6. The standard InChI is InChI=1S/C36H47N5O4/c1-35(2,3)36(34(37)45)24-40(22-26-12-9-15-38-21-26)16-17-41(36)23-29(42)19-28(18-25-10-5-4-6-11-25)33(44)39-32-30-14-8-7-13-27(30)20-31(32)43/h4-15,21,28-29,31-32,42-43H,16-20,22-24H2,1-3H3,(H2,37,45)(H,39,44)/t28-,29+,31-,32+,36+/m1/s1. The van der Waals surface area contributed by atoms with Crippen LogP contribution in [-0.2, 0) is 29.0 Å². The van der Waals surface area contributed by atoms with Crippen LogP contribution in [0.1, 0.15) is 55.5 Å². The van der Waals surface area contributed by atoms with Gasteiger partial charge in [-0.25, -0.2) is 0 Å². The fourth-order valence-electron chi connectivity index (χ4n) is 7.26. The molecule has 2 heterocycles. The maximum atomic E-state index is 13.9. The van der Waals surface area contributed by atoms with E-state index in [-0.39, 0.29) is 18.9 Å². The molecule has 0 saturated carbocycles. The number of aromatic nitrogens is 1. The third-order valence-electron chi connectivity index (χ3n) is 9.64. The second kappa shape index (κ2) is 13.8. The lowest BCUT2D eigenvalue weighted by atomic mass is 9.70. The van der Waals surface area contributed by atoms with Gasteiger partial charge in [0.05, 0.1) is 18.2 Å². The van der Waals surface area contributed by atoms with E-state index in [2.05, 4.69) is 15.2 Å². The molecular formula is C36H47N5O4. The highest BCUT2D eigenvalue weighted by atomic mass is 16.3. The summed E-state index contributed by atoms with van der Waals surface area (Å²) in [4.78, 5) is 35.7. The Morgan fingerprint density at radius 2 is 1.76 bits per heavy atom. The van der Waals surface area contributed by atoms with Crippen molar-refractivity contribution in [2.24, 2.45) is 17.1 Å². The predicted octanol–water partition coefficient (Wildman–Crippen LogP) is 2.85. The van der Waals surface area contributed by atoms with E-state index >= 15 is 0 Å². The number of piperazine rings is 1. The van der Waals surface area contributed by atoms with Crippen molar-refractivity contribution < 1.29 is 19.8 Å². The van der Waals surface area contributed by atoms with Crippen LogP contribution in [0.4, 0.5) is 0 Å². The number of nitrogens with one attached hydrogen (secondary N) is 1. The largest absolute Gasteiger partial charge is 0.392 e. The quantitative estimate of drug-likeness (QED) is 0.262. The first-order valence-electron chi connectivity index (χ1n) is 15.9. The molecule has 1 aliphatic carbocycles. The van der Waals surface area contributed by atoms with E-state index in [9.17, 15) is 19.8 Å². The number of hydrogen-bond donors (Lipinski definition) is 4. The number of primary amides is 1. The lowest BCUT2D eigenvalue weighted by molar-refractivity contribution is -0.150. The highest BCUT2D eigenvalue weighted by molar-refractivity contribution is 5.86. The molecule has 0 bridgehead atoms. The molecule has 5 rings (SSSR count). The fraction of sp³-hybridized carbons (Fsp3) is 0.472. The fourth-order valence-corrected chi connectivity index (χ4v) is 7.26. The van der Waals surface area contributed by atoms with E-state index < -0.39 is 41.0 Å². The topological polar surface area (TPSA) is 132 Å². The Bertz CT molecular complexity index is 1450. The number of pyridine rings is 1. The van der Waals surface area contributed by atoms with Crippen LogP contribution in [0.5, 0.6) is 0 Å². The molecule has 240 valence electrons. The minimum absolute atomic E-state index is 0.195. The van der Waals surface area contributed by atoms with Crippen LogP contribution >= 0.6 is 0 Å². The number of nitrogens with zero attached hydrogens (tertiary/aromatic N) is 3. The van der Waals surface area contributed by atoms with Gasteiger partial charge in [0, 0.05) is 57.5 Å². The second-order valence-electron chi connectivity index (χ2n) is 13.7. The molecule has 9 nitrogen and oxygen atoms in total. The summed E-state index contributed by atoms with van der Waals surface area (Å²) in [6.45, 7) is 8.54. The van der Waals surface area contributed by atoms with Crippen LogP contribution in [0, 0.1) is 11.3 Å². The first kappa shape index (κ1) is 32.8.